The van der Waals surface area contributed by atoms with E-state index in [2.05, 4.69) is 17.2 Å². The SMILES string of the molecule is CC(C)([B]C(C)(N)C1(Cl)CC#CCCCCCCC1)C(=O)NC1CCCCCCCC1. The number of hydrogen-bond acceptors (Lipinski definition) is 2. The van der Waals surface area contributed by atoms with Gasteiger partial charge in [0.25, 0.3) is 0 Å². The van der Waals surface area contributed by atoms with Crippen LogP contribution in [0.4, 0.5) is 0 Å². The molecule has 31 heavy (non-hydrogen) atoms. The van der Waals surface area contributed by atoms with Crippen molar-refractivity contribution >= 4 is 24.8 Å². The maximum Gasteiger partial charge on any atom is 0.217 e. The number of halogens is 1. The normalized spacial score (nSPS) is 27.1. The van der Waals surface area contributed by atoms with Crippen LogP contribution in [0, 0.1) is 11.8 Å². The zero-order valence-electron chi connectivity index (χ0n) is 20.3. The fourth-order valence-corrected chi connectivity index (χ4v) is 5.34. The maximum absolute atomic E-state index is 13.3. The molecule has 0 aromatic carbocycles. The minimum atomic E-state index is -0.795. The molecule has 2 aliphatic rings. The highest BCUT2D eigenvalue weighted by atomic mass is 35.5. The van der Waals surface area contributed by atoms with Gasteiger partial charge < -0.3 is 11.1 Å². The highest BCUT2D eigenvalue weighted by Crippen LogP contribution is 2.40. The maximum atomic E-state index is 13.3. The average Bonchev–Trinajstić information content (AvgIpc) is 2.78. The Hall–Kier alpha value is -0.655. The molecular weight excluding hydrogens is 403 g/mol. The standard InChI is InChI=1S/C26H45BClN2O/c1-24(2,23(31)30-22-18-14-10-6-7-11-15-19-22)27-25(3,29)26(28)20-16-12-8-4-5-9-13-17-21-26/h22H,4-12,14-16,18-21,29H2,1-3H3,(H,30,31). The Morgan fingerprint density at radius 3 is 2.13 bits per heavy atom. The third-order valence-electron chi connectivity index (χ3n) is 7.27. The van der Waals surface area contributed by atoms with E-state index in [1.165, 1.54) is 64.2 Å². The van der Waals surface area contributed by atoms with Crippen LogP contribution in [0.25, 0.3) is 0 Å². The smallest absolute Gasteiger partial charge is 0.217 e. The molecular formula is C26H45BClN2O. The van der Waals surface area contributed by atoms with Gasteiger partial charge in [-0.3, -0.25) is 4.79 Å². The van der Waals surface area contributed by atoms with Gasteiger partial charge in [0, 0.05) is 29.6 Å². The molecule has 0 aromatic rings. The molecule has 1 radical (unpaired) electrons. The Bertz CT molecular complexity index is 615. The summed E-state index contributed by atoms with van der Waals surface area (Å²) >= 11 is 7.19. The molecule has 2 aliphatic carbocycles. The monoisotopic (exact) mass is 447 g/mol. The van der Waals surface area contributed by atoms with Crippen LogP contribution in [-0.4, -0.2) is 29.5 Å². The summed E-state index contributed by atoms with van der Waals surface area (Å²) in [7, 11) is 2.00. The second-order valence-corrected chi connectivity index (χ2v) is 11.5. The molecule has 3 N–H and O–H groups in total. The molecule has 2 unspecified atom stereocenters. The molecule has 1 saturated carbocycles. The minimum absolute atomic E-state index is 0.0661. The number of alkyl halides is 1. The number of nitrogens with one attached hydrogen (secondary N) is 1. The zero-order chi connectivity index (χ0) is 22.8. The molecule has 0 aromatic heterocycles. The van der Waals surface area contributed by atoms with Crippen molar-refractivity contribution in [2.24, 2.45) is 5.73 Å². The van der Waals surface area contributed by atoms with Crippen LogP contribution in [0.2, 0.25) is 5.31 Å². The van der Waals surface area contributed by atoms with Crippen molar-refractivity contribution in [2.75, 3.05) is 0 Å². The van der Waals surface area contributed by atoms with Crippen molar-refractivity contribution in [3.05, 3.63) is 0 Å². The van der Waals surface area contributed by atoms with Gasteiger partial charge in [-0.05, 0) is 25.7 Å². The van der Waals surface area contributed by atoms with E-state index in [0.29, 0.717) is 6.42 Å². The lowest BCUT2D eigenvalue weighted by Crippen LogP contribution is -2.63. The van der Waals surface area contributed by atoms with Crippen LogP contribution >= 0.6 is 11.6 Å². The summed E-state index contributed by atoms with van der Waals surface area (Å²) in [6.07, 6.45) is 18.0. The molecule has 0 heterocycles. The van der Waals surface area contributed by atoms with E-state index in [1.807, 2.05) is 28.1 Å². The van der Waals surface area contributed by atoms with Crippen LogP contribution in [0.5, 0.6) is 0 Å². The third-order valence-corrected chi connectivity index (χ3v) is 8.00. The Kier molecular flexibility index (Phi) is 10.8. The van der Waals surface area contributed by atoms with Crippen LogP contribution in [0.3, 0.4) is 0 Å². The first-order valence-corrected chi connectivity index (χ1v) is 13.2. The number of carbonyl (C=O) groups excluding carboxylic acids is 1. The quantitative estimate of drug-likeness (QED) is 0.295. The first-order chi connectivity index (χ1) is 14.7. The van der Waals surface area contributed by atoms with Gasteiger partial charge in [0.2, 0.25) is 5.91 Å². The Labute approximate surface area is 197 Å². The fraction of sp³-hybridized carbons (Fsp3) is 0.885. The van der Waals surface area contributed by atoms with Crippen LogP contribution in [0.15, 0.2) is 0 Å². The van der Waals surface area contributed by atoms with E-state index in [-0.39, 0.29) is 11.9 Å². The van der Waals surface area contributed by atoms with E-state index in [1.54, 1.807) is 0 Å². The van der Waals surface area contributed by atoms with Gasteiger partial charge in [0.05, 0.1) is 4.87 Å². The Balaban J connectivity index is 2.05. The van der Waals surface area contributed by atoms with Crippen molar-refractivity contribution < 1.29 is 4.79 Å². The van der Waals surface area contributed by atoms with Gasteiger partial charge in [-0.2, -0.15) is 0 Å². The zero-order valence-corrected chi connectivity index (χ0v) is 21.1. The lowest BCUT2D eigenvalue weighted by atomic mass is 9.40. The molecule has 5 heteroatoms. The van der Waals surface area contributed by atoms with Gasteiger partial charge in [-0.15, -0.1) is 23.4 Å². The average molecular weight is 448 g/mol. The molecule has 3 nitrogen and oxygen atoms in total. The summed E-state index contributed by atoms with van der Waals surface area (Å²) in [6, 6.07) is 0.274. The highest BCUT2D eigenvalue weighted by molar-refractivity contribution is 6.53. The van der Waals surface area contributed by atoms with Crippen LogP contribution in [-0.2, 0) is 4.79 Å². The van der Waals surface area contributed by atoms with E-state index < -0.39 is 15.6 Å². The van der Waals surface area contributed by atoms with Gasteiger partial charge in [0.15, 0.2) is 7.28 Å². The summed E-state index contributed by atoms with van der Waals surface area (Å²) in [6.45, 7) is 5.93. The fourth-order valence-electron chi connectivity index (χ4n) is 5.08. The predicted octanol–water partition coefficient (Wildman–Crippen LogP) is 6.30. The van der Waals surface area contributed by atoms with E-state index >= 15 is 0 Å². The van der Waals surface area contributed by atoms with Gasteiger partial charge in [-0.1, -0.05) is 85.0 Å². The predicted molar refractivity (Wildman–Crippen MR) is 135 cm³/mol. The second kappa shape index (κ2) is 12.5. The first kappa shape index (κ1) is 26.6. The molecule has 0 spiro atoms. The molecule has 0 aliphatic heterocycles. The summed E-state index contributed by atoms with van der Waals surface area (Å²) in [5.74, 6) is 6.65. The first-order valence-electron chi connectivity index (χ1n) is 12.8. The highest BCUT2D eigenvalue weighted by Gasteiger charge is 2.48. The van der Waals surface area contributed by atoms with E-state index in [4.69, 9.17) is 17.3 Å². The summed E-state index contributed by atoms with van der Waals surface area (Å²) in [4.78, 5) is 12.6. The van der Waals surface area contributed by atoms with Gasteiger partial charge in [0.1, 0.15) is 0 Å². The van der Waals surface area contributed by atoms with E-state index in [9.17, 15) is 4.79 Å². The number of amides is 1. The topological polar surface area (TPSA) is 55.1 Å². The number of carbonyl (C=O) groups is 1. The van der Waals surface area contributed by atoms with Crippen LogP contribution in [0.1, 0.15) is 124 Å². The number of nitrogens with two attached hydrogens (primary N) is 1. The third kappa shape index (κ3) is 8.66. The van der Waals surface area contributed by atoms with Crippen molar-refractivity contribution in [3.8, 4) is 11.8 Å². The Morgan fingerprint density at radius 2 is 1.48 bits per heavy atom. The summed E-state index contributed by atoms with van der Waals surface area (Å²) in [5, 5.41) is 2.65. The van der Waals surface area contributed by atoms with Crippen molar-refractivity contribution in [2.45, 2.75) is 145 Å². The van der Waals surface area contributed by atoms with Crippen molar-refractivity contribution in [1.29, 1.82) is 0 Å². The number of rotatable bonds is 5. The minimum Gasteiger partial charge on any atom is -0.354 e. The van der Waals surface area contributed by atoms with Gasteiger partial charge in [-0.25, -0.2) is 0 Å². The van der Waals surface area contributed by atoms with Gasteiger partial charge >= 0.3 is 0 Å². The summed E-state index contributed by atoms with van der Waals surface area (Å²) < 4.78 is 0. The molecule has 175 valence electrons. The van der Waals surface area contributed by atoms with E-state index in [0.717, 1.165) is 32.1 Å². The number of hydrogen-bond donors (Lipinski definition) is 2. The van der Waals surface area contributed by atoms with Crippen molar-refractivity contribution in [1.82, 2.24) is 5.32 Å². The Morgan fingerprint density at radius 1 is 0.935 bits per heavy atom. The lowest BCUT2D eigenvalue weighted by Gasteiger charge is -2.44. The lowest BCUT2D eigenvalue weighted by molar-refractivity contribution is -0.124. The molecule has 0 bridgehead atoms. The largest absolute Gasteiger partial charge is 0.354 e. The summed E-state index contributed by atoms with van der Waals surface area (Å²) in [5.41, 5.74) is 6.07. The molecule has 2 atom stereocenters. The molecule has 2 rings (SSSR count). The van der Waals surface area contributed by atoms with Crippen molar-refractivity contribution in [3.63, 3.8) is 0 Å². The second-order valence-electron chi connectivity index (χ2n) is 10.8. The molecule has 1 amide bonds. The molecule has 0 saturated heterocycles. The molecule has 1 fully saturated rings. The van der Waals surface area contributed by atoms with Crippen LogP contribution < -0.4 is 11.1 Å².